The third-order valence-electron chi connectivity index (χ3n) is 5.41. The Labute approximate surface area is 209 Å². The molecule has 0 aliphatic rings. The number of benzene rings is 1. The van der Waals surface area contributed by atoms with Crippen molar-refractivity contribution in [2.24, 2.45) is 5.92 Å². The molecule has 3 rings (SSSR count). The zero-order chi connectivity index (χ0) is 25.1. The molecule has 0 saturated carbocycles. The van der Waals surface area contributed by atoms with E-state index in [1.165, 1.54) is 4.88 Å². The fourth-order valence-corrected chi connectivity index (χ4v) is 5.26. The number of anilines is 2. The lowest BCUT2D eigenvalue weighted by atomic mass is 9.86. The van der Waals surface area contributed by atoms with Crippen LogP contribution in [0.1, 0.15) is 71.5 Å². The molecule has 34 heavy (non-hydrogen) atoms. The van der Waals surface area contributed by atoms with Gasteiger partial charge in [0, 0.05) is 35.1 Å². The maximum Gasteiger partial charge on any atom is 0.243 e. The molecule has 0 fully saturated rings. The van der Waals surface area contributed by atoms with Crippen molar-refractivity contribution in [1.82, 2.24) is 14.9 Å². The number of hydrogen-bond acceptors (Lipinski definition) is 6. The first-order valence-electron chi connectivity index (χ1n) is 12.0. The Morgan fingerprint density at radius 1 is 1.00 bits per heavy atom. The molecule has 0 saturated heterocycles. The second kappa shape index (κ2) is 10.4. The van der Waals surface area contributed by atoms with Crippen LogP contribution in [0.3, 0.4) is 0 Å². The molecule has 184 valence electrons. The van der Waals surface area contributed by atoms with E-state index in [1.54, 1.807) is 17.5 Å². The Morgan fingerprint density at radius 3 is 2.35 bits per heavy atom. The highest BCUT2D eigenvalue weighted by Crippen LogP contribution is 2.38. The second-order valence-corrected chi connectivity index (χ2v) is 12.5. The average molecular weight is 481 g/mol. The molecule has 0 spiro atoms. The molecule has 1 N–H and O–H groups in total. The summed E-state index contributed by atoms with van der Waals surface area (Å²) < 4.78 is 6.35. The summed E-state index contributed by atoms with van der Waals surface area (Å²) in [4.78, 5) is 13.2. The predicted octanol–water partition coefficient (Wildman–Crippen LogP) is 7.76. The average Bonchev–Trinajstić information content (AvgIpc) is 3.11. The van der Waals surface area contributed by atoms with E-state index < -0.39 is 0 Å². The lowest BCUT2D eigenvalue weighted by molar-refractivity contribution is 0.288. The van der Waals surface area contributed by atoms with Gasteiger partial charge in [0.1, 0.15) is 11.4 Å². The molecule has 0 aliphatic heterocycles. The molecule has 0 unspecified atom stereocenters. The van der Waals surface area contributed by atoms with E-state index in [0.717, 1.165) is 40.9 Å². The maximum absolute atomic E-state index is 6.35. The molecule has 2 heterocycles. The van der Waals surface area contributed by atoms with Crippen LogP contribution in [0.15, 0.2) is 42.6 Å². The van der Waals surface area contributed by atoms with Gasteiger partial charge in [0.05, 0.1) is 5.69 Å². The van der Waals surface area contributed by atoms with Gasteiger partial charge in [0.2, 0.25) is 5.88 Å². The number of aromatic nitrogens is 2. The molecular formula is C28H40N4OS. The molecule has 1 aromatic carbocycles. The Kier molecular flexibility index (Phi) is 8.04. The fourth-order valence-electron chi connectivity index (χ4n) is 3.99. The Morgan fingerprint density at radius 2 is 1.71 bits per heavy atom. The van der Waals surface area contributed by atoms with Crippen LogP contribution in [0.2, 0.25) is 0 Å². The minimum Gasteiger partial charge on any atom is -0.437 e. The van der Waals surface area contributed by atoms with Gasteiger partial charge in [-0.25, -0.2) is 9.97 Å². The fraction of sp³-hybridized carbons (Fsp3) is 0.500. The Balaban J connectivity index is 1.90. The van der Waals surface area contributed by atoms with Crippen LogP contribution >= 0.6 is 11.3 Å². The highest BCUT2D eigenvalue weighted by atomic mass is 32.1. The van der Waals surface area contributed by atoms with E-state index in [2.05, 4.69) is 83.7 Å². The summed E-state index contributed by atoms with van der Waals surface area (Å²) in [6, 6.07) is 12.1. The van der Waals surface area contributed by atoms with Crippen molar-refractivity contribution in [3.05, 3.63) is 58.7 Å². The van der Waals surface area contributed by atoms with Gasteiger partial charge in [0.25, 0.3) is 0 Å². The van der Waals surface area contributed by atoms with Gasteiger partial charge in [-0.2, -0.15) is 0 Å². The van der Waals surface area contributed by atoms with Crippen molar-refractivity contribution < 1.29 is 4.74 Å². The standard InChI is InChI=1S/C28H40N4OS/c1-19(2)17-32(9)18-23-24(28(6,7)8)31-26(34-23)30-21-14-12-16-29-25(21)33-22-15-11-10-13-20(22)27(3,4)5/h10-16,19H,17-18H2,1-9H3,(H,30,31). The molecule has 2 aromatic heterocycles. The van der Waals surface area contributed by atoms with Crippen LogP contribution < -0.4 is 10.1 Å². The molecule has 3 aromatic rings. The Bertz CT molecular complexity index is 1090. The first kappa shape index (κ1) is 26.2. The molecule has 0 radical (unpaired) electrons. The molecular weight excluding hydrogens is 440 g/mol. The molecule has 6 heteroatoms. The van der Waals surface area contributed by atoms with E-state index in [-0.39, 0.29) is 10.8 Å². The van der Waals surface area contributed by atoms with Gasteiger partial charge in [-0.3, -0.25) is 0 Å². The molecule has 5 nitrogen and oxygen atoms in total. The van der Waals surface area contributed by atoms with E-state index >= 15 is 0 Å². The van der Waals surface area contributed by atoms with Crippen molar-refractivity contribution in [3.8, 4) is 11.6 Å². The number of nitrogens with zero attached hydrogens (tertiary/aromatic N) is 3. The van der Waals surface area contributed by atoms with Gasteiger partial charge in [0.15, 0.2) is 5.13 Å². The van der Waals surface area contributed by atoms with E-state index in [1.807, 2.05) is 30.3 Å². The number of pyridine rings is 1. The summed E-state index contributed by atoms with van der Waals surface area (Å²) in [5.41, 5.74) is 3.02. The maximum atomic E-state index is 6.35. The van der Waals surface area contributed by atoms with Crippen LogP contribution in [0.25, 0.3) is 0 Å². The van der Waals surface area contributed by atoms with E-state index in [0.29, 0.717) is 11.8 Å². The summed E-state index contributed by atoms with van der Waals surface area (Å²) in [6.45, 7) is 19.7. The lowest BCUT2D eigenvalue weighted by Crippen LogP contribution is -2.24. The Hall–Kier alpha value is -2.44. The van der Waals surface area contributed by atoms with Crippen molar-refractivity contribution in [2.75, 3.05) is 18.9 Å². The van der Waals surface area contributed by atoms with Crippen molar-refractivity contribution in [2.45, 2.75) is 72.8 Å². The second-order valence-electron chi connectivity index (χ2n) is 11.5. The first-order chi connectivity index (χ1) is 15.8. The monoisotopic (exact) mass is 480 g/mol. The predicted molar refractivity (Wildman–Crippen MR) is 145 cm³/mol. The normalized spacial score (nSPS) is 12.4. The van der Waals surface area contributed by atoms with Gasteiger partial charge in [-0.1, -0.05) is 73.6 Å². The topological polar surface area (TPSA) is 50.3 Å². The summed E-state index contributed by atoms with van der Waals surface area (Å²) in [5.74, 6) is 1.99. The molecule has 0 amide bonds. The third kappa shape index (κ3) is 6.80. The molecule has 0 atom stereocenters. The van der Waals surface area contributed by atoms with Crippen LogP contribution in [0, 0.1) is 5.92 Å². The van der Waals surface area contributed by atoms with Crippen molar-refractivity contribution in [3.63, 3.8) is 0 Å². The smallest absolute Gasteiger partial charge is 0.243 e. The van der Waals surface area contributed by atoms with Crippen LogP contribution in [0.4, 0.5) is 10.8 Å². The van der Waals surface area contributed by atoms with E-state index in [9.17, 15) is 0 Å². The van der Waals surface area contributed by atoms with Gasteiger partial charge < -0.3 is 15.0 Å². The quantitative estimate of drug-likeness (QED) is 0.357. The largest absolute Gasteiger partial charge is 0.437 e. The van der Waals surface area contributed by atoms with Crippen LogP contribution in [-0.4, -0.2) is 28.5 Å². The van der Waals surface area contributed by atoms with Crippen molar-refractivity contribution >= 4 is 22.2 Å². The zero-order valence-electron chi connectivity index (χ0n) is 22.2. The van der Waals surface area contributed by atoms with Gasteiger partial charge in [-0.05, 0) is 36.6 Å². The zero-order valence-corrected chi connectivity index (χ0v) is 23.0. The number of ether oxygens (including phenoxy) is 1. The minimum absolute atomic E-state index is 0.0349. The first-order valence-corrected chi connectivity index (χ1v) is 12.8. The SMILES string of the molecule is CC(C)CN(C)Cc1sc(Nc2cccnc2Oc2ccccc2C(C)(C)C)nc1C(C)(C)C. The molecule has 0 bridgehead atoms. The number of thiazole rings is 1. The molecule has 0 aliphatic carbocycles. The summed E-state index contributed by atoms with van der Waals surface area (Å²) in [6.07, 6.45) is 1.76. The van der Waals surface area contributed by atoms with Crippen LogP contribution in [-0.2, 0) is 17.4 Å². The summed E-state index contributed by atoms with van der Waals surface area (Å²) in [5, 5.41) is 4.36. The highest BCUT2D eigenvalue weighted by molar-refractivity contribution is 7.15. The number of nitrogens with one attached hydrogen (secondary N) is 1. The summed E-state index contributed by atoms with van der Waals surface area (Å²) >= 11 is 1.71. The third-order valence-corrected chi connectivity index (χ3v) is 6.37. The lowest BCUT2D eigenvalue weighted by Gasteiger charge is -2.22. The summed E-state index contributed by atoms with van der Waals surface area (Å²) in [7, 11) is 2.18. The number of hydrogen-bond donors (Lipinski definition) is 1. The number of para-hydroxylation sites is 1. The van der Waals surface area contributed by atoms with Gasteiger partial charge in [-0.15, -0.1) is 11.3 Å². The minimum atomic E-state index is -0.0374. The van der Waals surface area contributed by atoms with E-state index in [4.69, 9.17) is 9.72 Å². The van der Waals surface area contributed by atoms with Crippen molar-refractivity contribution in [1.29, 1.82) is 0 Å². The van der Waals surface area contributed by atoms with Gasteiger partial charge >= 0.3 is 0 Å². The highest BCUT2D eigenvalue weighted by Gasteiger charge is 2.25. The number of rotatable bonds is 8. The van der Waals surface area contributed by atoms with Crippen LogP contribution in [0.5, 0.6) is 11.6 Å².